The second-order valence-electron chi connectivity index (χ2n) is 5.74. The molecule has 1 aromatic heterocycles. The molecule has 6 heteroatoms. The highest BCUT2D eigenvalue weighted by molar-refractivity contribution is 5.94. The van der Waals surface area contributed by atoms with E-state index < -0.39 is 28.7 Å². The molecule has 0 fully saturated rings. The molecule has 0 amide bonds. The highest BCUT2D eigenvalue weighted by atomic mass is 19.1. The van der Waals surface area contributed by atoms with Crippen molar-refractivity contribution in [3.8, 4) is 0 Å². The fourth-order valence-corrected chi connectivity index (χ4v) is 2.91. The van der Waals surface area contributed by atoms with Crippen molar-refractivity contribution in [1.82, 2.24) is 4.57 Å². The molecule has 0 bridgehead atoms. The van der Waals surface area contributed by atoms with Crippen molar-refractivity contribution >= 4 is 16.9 Å². The van der Waals surface area contributed by atoms with E-state index in [1.165, 1.54) is 12.1 Å². The van der Waals surface area contributed by atoms with Gasteiger partial charge in [-0.15, -0.1) is 0 Å². The van der Waals surface area contributed by atoms with Crippen LogP contribution >= 0.6 is 0 Å². The highest BCUT2D eigenvalue weighted by Crippen LogP contribution is 2.20. The number of esters is 1. The Bertz CT molecular complexity index is 1010. The van der Waals surface area contributed by atoms with Crippen LogP contribution in [0.5, 0.6) is 0 Å². The summed E-state index contributed by atoms with van der Waals surface area (Å²) in [5.74, 6) is -2.90. The summed E-state index contributed by atoms with van der Waals surface area (Å²) in [6.07, 6.45) is 0.453. The molecule has 0 saturated carbocycles. The summed E-state index contributed by atoms with van der Waals surface area (Å²) in [5.41, 5.74) is -0.702. The van der Waals surface area contributed by atoms with Gasteiger partial charge < -0.3 is 9.30 Å². The maximum absolute atomic E-state index is 15.0. The van der Waals surface area contributed by atoms with Gasteiger partial charge >= 0.3 is 5.97 Å². The lowest BCUT2D eigenvalue weighted by atomic mass is 10.1. The van der Waals surface area contributed by atoms with Crippen LogP contribution in [0.25, 0.3) is 10.9 Å². The third-order valence-corrected chi connectivity index (χ3v) is 4.13. The zero-order chi connectivity index (χ0) is 18.7. The topological polar surface area (TPSA) is 48.3 Å². The summed E-state index contributed by atoms with van der Waals surface area (Å²) in [5, 5.41) is -0.315. The van der Waals surface area contributed by atoms with Crippen molar-refractivity contribution < 1.29 is 18.3 Å². The molecule has 0 atom stereocenters. The smallest absolute Gasteiger partial charge is 0.346 e. The second-order valence-corrected chi connectivity index (χ2v) is 5.74. The van der Waals surface area contributed by atoms with Crippen LogP contribution in [0, 0.1) is 11.8 Å². The van der Waals surface area contributed by atoms with Gasteiger partial charge in [0.25, 0.3) is 0 Å². The Labute approximate surface area is 148 Å². The van der Waals surface area contributed by atoms with Gasteiger partial charge in [-0.2, -0.15) is 4.39 Å². The van der Waals surface area contributed by atoms with E-state index in [1.54, 1.807) is 6.92 Å². The van der Waals surface area contributed by atoms with Crippen LogP contribution in [-0.4, -0.2) is 17.1 Å². The van der Waals surface area contributed by atoms with Crippen LogP contribution in [0.1, 0.15) is 22.8 Å². The van der Waals surface area contributed by atoms with Crippen LogP contribution in [0.15, 0.2) is 53.3 Å². The van der Waals surface area contributed by atoms with E-state index in [4.69, 9.17) is 4.74 Å². The molecule has 1 heterocycles. The average molecular weight is 357 g/mol. The number of hydrogen-bond donors (Lipinski definition) is 0. The lowest BCUT2D eigenvalue weighted by Gasteiger charge is -2.15. The number of aryl methyl sites for hydroxylation is 2. The van der Waals surface area contributed by atoms with E-state index >= 15 is 4.39 Å². The monoisotopic (exact) mass is 357 g/mol. The van der Waals surface area contributed by atoms with Gasteiger partial charge in [-0.05, 0) is 31.0 Å². The molecule has 0 unspecified atom stereocenters. The first kappa shape index (κ1) is 17.8. The fourth-order valence-electron chi connectivity index (χ4n) is 2.91. The summed E-state index contributed by atoms with van der Waals surface area (Å²) in [4.78, 5) is 24.6. The molecule has 3 aromatic rings. The largest absolute Gasteiger partial charge is 0.462 e. The number of carbonyl (C=O) groups excluding carboxylic acids is 1. The van der Waals surface area contributed by atoms with Crippen molar-refractivity contribution in [2.45, 2.75) is 19.9 Å². The van der Waals surface area contributed by atoms with Crippen molar-refractivity contribution in [3.05, 3.63) is 81.6 Å². The molecule has 134 valence electrons. The van der Waals surface area contributed by atoms with Gasteiger partial charge in [0, 0.05) is 6.54 Å². The van der Waals surface area contributed by atoms with E-state index in [-0.39, 0.29) is 24.1 Å². The van der Waals surface area contributed by atoms with E-state index in [0.717, 1.165) is 16.2 Å². The van der Waals surface area contributed by atoms with Gasteiger partial charge in [-0.1, -0.05) is 36.4 Å². The molecule has 4 nitrogen and oxygen atoms in total. The van der Waals surface area contributed by atoms with E-state index in [9.17, 15) is 14.0 Å². The molecule has 3 rings (SSSR count). The lowest BCUT2D eigenvalue weighted by molar-refractivity contribution is 0.0517. The quantitative estimate of drug-likeness (QED) is 0.517. The minimum atomic E-state index is -1.09. The predicted molar refractivity (Wildman–Crippen MR) is 94.2 cm³/mol. The Balaban J connectivity index is 2.18. The number of benzene rings is 2. The Hall–Kier alpha value is -3.02. The molecule has 0 N–H and O–H groups in total. The summed E-state index contributed by atoms with van der Waals surface area (Å²) in [7, 11) is 0. The summed E-state index contributed by atoms with van der Waals surface area (Å²) < 4.78 is 35.2. The van der Waals surface area contributed by atoms with Gasteiger partial charge in [0.2, 0.25) is 11.4 Å². The molecule has 2 aromatic carbocycles. The van der Waals surface area contributed by atoms with Gasteiger partial charge in [-0.25, -0.2) is 9.18 Å². The first-order valence-corrected chi connectivity index (χ1v) is 8.26. The van der Waals surface area contributed by atoms with Crippen LogP contribution in [0.2, 0.25) is 0 Å². The standard InChI is InChI=1S/C20H17F2NO3/c1-2-26-20(25)17-18(24)16-14(21)9-6-10-15(16)23(19(17)22)12-11-13-7-4-3-5-8-13/h3-10H,2,11-12H2,1H3. The number of fused-ring (bicyclic) bond motifs is 1. The number of halogens is 2. The maximum Gasteiger partial charge on any atom is 0.346 e. The molecule has 0 spiro atoms. The van der Waals surface area contributed by atoms with Crippen LogP contribution in [0.3, 0.4) is 0 Å². The maximum atomic E-state index is 15.0. The number of hydrogen-bond acceptors (Lipinski definition) is 3. The zero-order valence-electron chi connectivity index (χ0n) is 14.2. The van der Waals surface area contributed by atoms with Crippen LogP contribution in [0.4, 0.5) is 8.78 Å². The summed E-state index contributed by atoms with van der Waals surface area (Å²) in [6, 6.07) is 13.3. The van der Waals surface area contributed by atoms with Gasteiger partial charge in [0.1, 0.15) is 5.82 Å². The van der Waals surface area contributed by atoms with E-state index in [1.807, 2.05) is 30.3 Å². The summed E-state index contributed by atoms with van der Waals surface area (Å²) >= 11 is 0. The van der Waals surface area contributed by atoms with Crippen molar-refractivity contribution in [1.29, 1.82) is 0 Å². The van der Waals surface area contributed by atoms with Gasteiger partial charge in [0.15, 0.2) is 5.56 Å². The van der Waals surface area contributed by atoms with Crippen molar-refractivity contribution in [2.75, 3.05) is 6.61 Å². The normalized spacial score (nSPS) is 10.9. The molecular formula is C20H17F2NO3. The predicted octanol–water partition coefficient (Wildman–Crippen LogP) is 3.70. The van der Waals surface area contributed by atoms with E-state index in [0.29, 0.717) is 6.42 Å². The first-order chi connectivity index (χ1) is 12.5. The number of carbonyl (C=O) groups is 1. The third kappa shape index (κ3) is 3.22. The minimum absolute atomic E-state index is 0.0168. The van der Waals surface area contributed by atoms with E-state index in [2.05, 4.69) is 0 Å². The molecule has 26 heavy (non-hydrogen) atoms. The van der Waals surface area contributed by atoms with Crippen molar-refractivity contribution in [3.63, 3.8) is 0 Å². The summed E-state index contributed by atoms with van der Waals surface area (Å²) in [6.45, 7) is 1.67. The first-order valence-electron chi connectivity index (χ1n) is 8.26. The number of pyridine rings is 1. The number of nitrogens with zero attached hydrogens (tertiary/aromatic N) is 1. The molecule has 0 radical (unpaired) electrons. The van der Waals surface area contributed by atoms with Gasteiger partial charge in [-0.3, -0.25) is 4.79 Å². The lowest BCUT2D eigenvalue weighted by Crippen LogP contribution is -2.26. The van der Waals surface area contributed by atoms with Crippen LogP contribution < -0.4 is 5.43 Å². The molecule has 0 aliphatic rings. The zero-order valence-corrected chi connectivity index (χ0v) is 14.2. The SMILES string of the molecule is CCOC(=O)c1c(F)n(CCc2ccccc2)c2cccc(F)c2c1=O. The molecule has 0 aliphatic heterocycles. The molecule has 0 aliphatic carbocycles. The highest BCUT2D eigenvalue weighted by Gasteiger charge is 2.25. The van der Waals surface area contributed by atoms with Gasteiger partial charge in [0.05, 0.1) is 17.5 Å². The second kappa shape index (κ2) is 7.47. The Morgan fingerprint density at radius 3 is 2.50 bits per heavy atom. The average Bonchev–Trinajstić information content (AvgIpc) is 2.62. The molecule has 0 saturated heterocycles. The number of rotatable bonds is 5. The third-order valence-electron chi connectivity index (χ3n) is 4.13. The minimum Gasteiger partial charge on any atom is -0.462 e. The van der Waals surface area contributed by atoms with Crippen molar-refractivity contribution in [2.24, 2.45) is 0 Å². The van der Waals surface area contributed by atoms with Crippen LogP contribution in [-0.2, 0) is 17.7 Å². The molecular weight excluding hydrogens is 340 g/mol. The Morgan fingerprint density at radius 1 is 1.08 bits per heavy atom. The Kier molecular flexibility index (Phi) is 5.11. The Morgan fingerprint density at radius 2 is 1.81 bits per heavy atom. The fraction of sp³-hybridized carbons (Fsp3) is 0.200. The number of ether oxygens (including phenoxy) is 1. The number of aromatic nitrogens is 1.